The average molecular weight is 235 g/mol. The van der Waals surface area contributed by atoms with Gasteiger partial charge in [-0.2, -0.15) is 5.26 Å². The highest BCUT2D eigenvalue weighted by Gasteiger charge is 2.29. The Morgan fingerprint density at radius 3 is 1.88 bits per heavy atom. The number of rotatable bonds is 2. The Hall–Kier alpha value is -1.65. The van der Waals surface area contributed by atoms with Gasteiger partial charge in [0.05, 0.1) is 11.6 Å². The molecule has 0 aromatic heterocycles. The van der Waals surface area contributed by atoms with E-state index in [4.69, 9.17) is 15.5 Å². The molecule has 0 spiro atoms. The van der Waals surface area contributed by atoms with E-state index in [2.05, 4.69) is 0 Å². The largest absolute Gasteiger partial charge is 0.384 e. The molecule has 1 aromatic rings. The highest BCUT2D eigenvalue weighted by molar-refractivity contribution is 5.26. The summed E-state index contributed by atoms with van der Waals surface area (Å²) in [4.78, 5) is 0. The Bertz CT molecular complexity index is 432. The number of halogens is 4. The van der Waals surface area contributed by atoms with Gasteiger partial charge in [0.1, 0.15) is 6.10 Å². The van der Waals surface area contributed by atoms with Crippen molar-refractivity contribution in [1.82, 2.24) is 0 Å². The fourth-order valence-electron chi connectivity index (χ4n) is 1.08. The van der Waals surface area contributed by atoms with E-state index in [0.29, 0.717) is 0 Å². The molecule has 0 amide bonds. The lowest BCUT2D eigenvalue weighted by Gasteiger charge is -2.14. The van der Waals surface area contributed by atoms with Crippen molar-refractivity contribution < 1.29 is 27.8 Å². The van der Waals surface area contributed by atoms with E-state index in [0.717, 1.165) is 6.07 Å². The third-order valence-corrected chi connectivity index (χ3v) is 1.87. The Labute approximate surface area is 87.2 Å². The van der Waals surface area contributed by atoms with Gasteiger partial charge >= 0.3 is 0 Å². The SMILES string of the molecule is N#CC(O)C(O)c1c(F)c(F)cc(F)c1F. The highest BCUT2D eigenvalue weighted by atomic mass is 19.2. The van der Waals surface area contributed by atoms with Gasteiger partial charge in [-0.05, 0) is 0 Å². The molecule has 0 heterocycles. The molecule has 0 saturated carbocycles. The van der Waals surface area contributed by atoms with Gasteiger partial charge in [-0.3, -0.25) is 0 Å². The summed E-state index contributed by atoms with van der Waals surface area (Å²) >= 11 is 0. The Balaban J connectivity index is 3.38. The number of aliphatic hydroxyl groups is 2. The van der Waals surface area contributed by atoms with E-state index in [1.165, 1.54) is 0 Å². The summed E-state index contributed by atoms with van der Waals surface area (Å²) in [6.07, 6.45) is -4.56. The quantitative estimate of drug-likeness (QED) is 0.459. The third-order valence-electron chi connectivity index (χ3n) is 1.87. The zero-order valence-corrected chi connectivity index (χ0v) is 7.59. The number of nitriles is 1. The summed E-state index contributed by atoms with van der Waals surface area (Å²) in [5.74, 6) is -7.14. The van der Waals surface area contributed by atoms with Crippen LogP contribution in [0.15, 0.2) is 6.07 Å². The van der Waals surface area contributed by atoms with Gasteiger partial charge in [-0.25, -0.2) is 17.6 Å². The minimum Gasteiger partial charge on any atom is -0.384 e. The fraction of sp³-hybridized carbons (Fsp3) is 0.222. The molecular weight excluding hydrogens is 230 g/mol. The van der Waals surface area contributed by atoms with Crippen molar-refractivity contribution in [2.45, 2.75) is 12.2 Å². The van der Waals surface area contributed by atoms with Crippen molar-refractivity contribution in [3.63, 3.8) is 0 Å². The Kier molecular flexibility index (Phi) is 3.47. The van der Waals surface area contributed by atoms with E-state index < -0.39 is 41.0 Å². The van der Waals surface area contributed by atoms with Crippen LogP contribution in [0.3, 0.4) is 0 Å². The van der Waals surface area contributed by atoms with Gasteiger partial charge in [0.25, 0.3) is 0 Å². The van der Waals surface area contributed by atoms with Crippen LogP contribution in [0.1, 0.15) is 11.7 Å². The maximum Gasteiger partial charge on any atom is 0.170 e. The number of aliphatic hydroxyl groups excluding tert-OH is 2. The number of hydrogen-bond donors (Lipinski definition) is 2. The van der Waals surface area contributed by atoms with Crippen LogP contribution in [0.5, 0.6) is 0 Å². The van der Waals surface area contributed by atoms with E-state index in [1.807, 2.05) is 0 Å². The Morgan fingerprint density at radius 1 is 1.06 bits per heavy atom. The molecule has 0 aliphatic heterocycles. The number of hydrogen-bond acceptors (Lipinski definition) is 3. The van der Waals surface area contributed by atoms with E-state index >= 15 is 0 Å². The van der Waals surface area contributed by atoms with Crippen LogP contribution < -0.4 is 0 Å². The second-order valence-electron chi connectivity index (χ2n) is 2.90. The zero-order chi connectivity index (χ0) is 12.5. The summed E-state index contributed by atoms with van der Waals surface area (Å²) < 4.78 is 51.4. The summed E-state index contributed by atoms with van der Waals surface area (Å²) in [7, 11) is 0. The molecule has 2 unspecified atom stereocenters. The van der Waals surface area contributed by atoms with E-state index in [9.17, 15) is 17.6 Å². The first-order chi connectivity index (χ1) is 7.40. The molecule has 2 atom stereocenters. The molecule has 0 fully saturated rings. The smallest absolute Gasteiger partial charge is 0.170 e. The number of benzene rings is 1. The minimum atomic E-state index is -2.37. The molecule has 1 rings (SSSR count). The van der Waals surface area contributed by atoms with Crippen LogP contribution in [-0.2, 0) is 0 Å². The molecule has 7 heteroatoms. The molecule has 0 aliphatic carbocycles. The minimum absolute atomic E-state index is 0.0420. The maximum atomic E-state index is 13.0. The molecule has 3 nitrogen and oxygen atoms in total. The van der Waals surface area contributed by atoms with Crippen molar-refractivity contribution in [1.29, 1.82) is 5.26 Å². The van der Waals surface area contributed by atoms with Crippen molar-refractivity contribution in [3.05, 3.63) is 34.9 Å². The molecule has 0 aliphatic rings. The van der Waals surface area contributed by atoms with Crippen LogP contribution in [0.25, 0.3) is 0 Å². The first-order valence-corrected chi connectivity index (χ1v) is 3.98. The lowest BCUT2D eigenvalue weighted by atomic mass is 10.0. The second kappa shape index (κ2) is 4.47. The van der Waals surface area contributed by atoms with Gasteiger partial charge in [-0.1, -0.05) is 0 Å². The molecule has 0 saturated heterocycles. The second-order valence-corrected chi connectivity index (χ2v) is 2.90. The van der Waals surface area contributed by atoms with Gasteiger partial charge in [0.15, 0.2) is 29.4 Å². The van der Waals surface area contributed by atoms with Crippen molar-refractivity contribution in [2.24, 2.45) is 0 Å². The van der Waals surface area contributed by atoms with Crippen LogP contribution in [-0.4, -0.2) is 16.3 Å². The van der Waals surface area contributed by atoms with Crippen LogP contribution >= 0.6 is 0 Å². The molecule has 0 bridgehead atoms. The highest BCUT2D eigenvalue weighted by Crippen LogP contribution is 2.26. The first kappa shape index (κ1) is 12.4. The van der Waals surface area contributed by atoms with Crippen molar-refractivity contribution in [3.8, 4) is 6.07 Å². The average Bonchev–Trinajstić information content (AvgIpc) is 2.25. The molecule has 86 valence electrons. The predicted octanol–water partition coefficient (Wildman–Crippen LogP) is 1.16. The van der Waals surface area contributed by atoms with Gasteiger partial charge in [0.2, 0.25) is 0 Å². The third kappa shape index (κ3) is 1.98. The van der Waals surface area contributed by atoms with Gasteiger partial charge < -0.3 is 10.2 Å². The van der Waals surface area contributed by atoms with Crippen LogP contribution in [0.2, 0.25) is 0 Å². The topological polar surface area (TPSA) is 64.2 Å². The lowest BCUT2D eigenvalue weighted by Crippen LogP contribution is -2.20. The lowest BCUT2D eigenvalue weighted by molar-refractivity contribution is 0.0465. The molecule has 0 radical (unpaired) electrons. The molecule has 16 heavy (non-hydrogen) atoms. The van der Waals surface area contributed by atoms with Crippen LogP contribution in [0, 0.1) is 34.6 Å². The molecule has 2 N–H and O–H groups in total. The standard InChI is InChI=1S/C9H5F4NO2/c10-3-1-4(11)8(13)6(7(3)12)9(16)5(15)2-14/h1,5,9,15-16H. The summed E-state index contributed by atoms with van der Waals surface area (Å²) in [5.41, 5.74) is -1.41. The fourth-order valence-corrected chi connectivity index (χ4v) is 1.08. The normalized spacial score (nSPS) is 14.3. The van der Waals surface area contributed by atoms with Crippen LogP contribution in [0.4, 0.5) is 17.6 Å². The maximum absolute atomic E-state index is 13.0. The van der Waals surface area contributed by atoms with Gasteiger partial charge in [0, 0.05) is 6.07 Å². The monoisotopic (exact) mass is 235 g/mol. The molecular formula is C9H5F4NO2. The first-order valence-electron chi connectivity index (χ1n) is 3.98. The summed E-state index contributed by atoms with van der Waals surface area (Å²) in [5, 5.41) is 26.1. The van der Waals surface area contributed by atoms with E-state index in [1.54, 1.807) is 0 Å². The number of nitrogens with zero attached hydrogens (tertiary/aromatic N) is 1. The predicted molar refractivity (Wildman–Crippen MR) is 42.9 cm³/mol. The van der Waals surface area contributed by atoms with Crippen molar-refractivity contribution >= 4 is 0 Å². The Morgan fingerprint density at radius 2 is 1.50 bits per heavy atom. The summed E-state index contributed by atoms with van der Waals surface area (Å²) in [6.45, 7) is 0. The zero-order valence-electron chi connectivity index (χ0n) is 7.59. The molecule has 1 aromatic carbocycles. The van der Waals surface area contributed by atoms with Gasteiger partial charge in [-0.15, -0.1) is 0 Å². The van der Waals surface area contributed by atoms with E-state index in [-0.39, 0.29) is 6.07 Å². The summed E-state index contributed by atoms with van der Waals surface area (Å²) in [6, 6.07) is 1.04. The van der Waals surface area contributed by atoms with Crippen molar-refractivity contribution in [2.75, 3.05) is 0 Å².